The highest BCUT2D eigenvalue weighted by Gasteiger charge is 1.81. The Morgan fingerprint density at radius 3 is 1.31 bits per heavy atom. The molecule has 0 fully saturated rings. The molecule has 13 heavy (non-hydrogen) atoms. The Morgan fingerprint density at radius 1 is 0.615 bits per heavy atom. The molecule has 0 unspecified atom stereocenters. The maximum absolute atomic E-state index is 3.38. The van der Waals surface area contributed by atoms with E-state index in [0.717, 1.165) is 0 Å². The van der Waals surface area contributed by atoms with E-state index in [1.807, 2.05) is 0 Å². The molecular weight excluding hydrogens is 292 g/mol. The minimum atomic E-state index is 1.17. The minimum Gasteiger partial charge on any atom is -0.0928 e. The van der Waals surface area contributed by atoms with Crippen molar-refractivity contribution in [3.8, 4) is 0 Å². The van der Waals surface area contributed by atoms with Gasteiger partial charge in [-0.1, -0.05) is 77.8 Å². The van der Waals surface area contributed by atoms with Crippen molar-refractivity contribution in [1.82, 2.24) is 0 Å². The van der Waals surface area contributed by atoms with Crippen LogP contribution in [-0.4, -0.2) is 10.7 Å². The summed E-state index contributed by atoms with van der Waals surface area (Å²) >= 11 is 6.73. The molecule has 0 aliphatic rings. The summed E-state index contributed by atoms with van der Waals surface area (Å²) in [6.45, 7) is 4.44. The second-order valence-corrected chi connectivity index (χ2v) is 4.73. The molecule has 0 aromatic rings. The lowest BCUT2D eigenvalue weighted by molar-refractivity contribution is 0.708. The zero-order chi connectivity index (χ0) is 10.4. The molecule has 0 spiro atoms. The molecule has 0 saturated heterocycles. The van der Waals surface area contributed by atoms with Crippen LogP contribution in [0.15, 0.2) is 0 Å². The molecule has 0 nitrogen and oxygen atoms in total. The van der Waals surface area contributed by atoms with Crippen molar-refractivity contribution in [3.05, 3.63) is 0 Å². The summed E-state index contributed by atoms with van der Waals surface area (Å²) in [7, 11) is 0. The van der Waals surface area contributed by atoms with Gasteiger partial charge in [0, 0.05) is 10.7 Å². The maximum atomic E-state index is 3.38. The van der Waals surface area contributed by atoms with E-state index in [-0.39, 0.29) is 0 Å². The van der Waals surface area contributed by atoms with Gasteiger partial charge in [0.1, 0.15) is 0 Å². The first-order chi connectivity index (χ1) is 6.33. The third-order valence-electron chi connectivity index (χ3n) is 1.72. The molecule has 2 heteroatoms. The Hall–Kier alpha value is 0.960. The lowest BCUT2D eigenvalue weighted by Gasteiger charge is -1.89. The first-order valence-electron chi connectivity index (χ1n) is 5.45. The SMILES string of the molecule is CCCCCBr.CCCCCCBr. The normalized spacial score (nSPS) is 9.23. The van der Waals surface area contributed by atoms with Gasteiger partial charge in [-0.2, -0.15) is 0 Å². The van der Waals surface area contributed by atoms with Crippen molar-refractivity contribution in [2.75, 3.05) is 10.7 Å². The van der Waals surface area contributed by atoms with E-state index in [2.05, 4.69) is 45.7 Å². The Kier molecular flexibility index (Phi) is 23.6. The molecule has 0 radical (unpaired) electrons. The van der Waals surface area contributed by atoms with Gasteiger partial charge in [0.2, 0.25) is 0 Å². The Morgan fingerprint density at radius 2 is 1.00 bits per heavy atom. The van der Waals surface area contributed by atoms with Crippen LogP contribution in [0.1, 0.15) is 58.8 Å². The fourth-order valence-electron chi connectivity index (χ4n) is 0.866. The van der Waals surface area contributed by atoms with Crippen LogP contribution in [0.4, 0.5) is 0 Å². The largest absolute Gasteiger partial charge is 0.0928 e. The molecule has 0 bridgehead atoms. The molecular formula is C11H24Br2. The van der Waals surface area contributed by atoms with Gasteiger partial charge in [-0.15, -0.1) is 0 Å². The topological polar surface area (TPSA) is 0 Å². The van der Waals surface area contributed by atoms with Gasteiger partial charge >= 0.3 is 0 Å². The molecule has 0 heterocycles. The van der Waals surface area contributed by atoms with Gasteiger partial charge in [-0.05, 0) is 12.8 Å². The van der Waals surface area contributed by atoms with Crippen LogP contribution in [0.3, 0.4) is 0 Å². The summed E-state index contributed by atoms with van der Waals surface area (Å²) in [6.07, 6.45) is 9.49. The van der Waals surface area contributed by atoms with Crippen LogP contribution in [0.5, 0.6) is 0 Å². The summed E-state index contributed by atoms with van der Waals surface area (Å²) in [5.74, 6) is 0. The van der Waals surface area contributed by atoms with E-state index in [9.17, 15) is 0 Å². The quantitative estimate of drug-likeness (QED) is 0.428. The predicted octanol–water partition coefficient (Wildman–Crippen LogP) is 5.53. The molecule has 0 aromatic heterocycles. The third-order valence-corrected chi connectivity index (χ3v) is 2.85. The summed E-state index contributed by atoms with van der Waals surface area (Å²) in [4.78, 5) is 0. The van der Waals surface area contributed by atoms with Crippen LogP contribution < -0.4 is 0 Å². The van der Waals surface area contributed by atoms with Crippen LogP contribution in [-0.2, 0) is 0 Å². The second-order valence-electron chi connectivity index (χ2n) is 3.15. The number of halogens is 2. The lowest BCUT2D eigenvalue weighted by atomic mass is 10.2. The van der Waals surface area contributed by atoms with Crippen molar-refractivity contribution in [2.45, 2.75) is 58.8 Å². The van der Waals surface area contributed by atoms with Crippen molar-refractivity contribution >= 4 is 31.9 Å². The molecule has 0 aliphatic heterocycles. The van der Waals surface area contributed by atoms with E-state index < -0.39 is 0 Å². The van der Waals surface area contributed by atoms with Gasteiger partial charge < -0.3 is 0 Å². The number of hydrogen-bond acceptors (Lipinski definition) is 0. The van der Waals surface area contributed by atoms with Gasteiger partial charge in [-0.3, -0.25) is 0 Å². The molecule has 0 rings (SSSR count). The summed E-state index contributed by atoms with van der Waals surface area (Å²) in [5, 5.41) is 2.34. The minimum absolute atomic E-state index is 1.17. The number of rotatable bonds is 7. The fourth-order valence-corrected chi connectivity index (χ4v) is 1.66. The smallest absolute Gasteiger partial charge is 0.00313 e. The van der Waals surface area contributed by atoms with Crippen LogP contribution >= 0.6 is 31.9 Å². The van der Waals surface area contributed by atoms with Crippen molar-refractivity contribution in [2.24, 2.45) is 0 Å². The average molecular weight is 316 g/mol. The van der Waals surface area contributed by atoms with Crippen molar-refractivity contribution in [1.29, 1.82) is 0 Å². The molecule has 0 aliphatic carbocycles. The zero-order valence-electron chi connectivity index (χ0n) is 9.12. The zero-order valence-corrected chi connectivity index (χ0v) is 12.3. The van der Waals surface area contributed by atoms with Gasteiger partial charge in [0.15, 0.2) is 0 Å². The second kappa shape index (κ2) is 18.7. The number of hydrogen-bond donors (Lipinski definition) is 0. The summed E-state index contributed by atoms with van der Waals surface area (Å²) in [6, 6.07) is 0. The third kappa shape index (κ3) is 24.6. The monoisotopic (exact) mass is 314 g/mol. The van der Waals surface area contributed by atoms with E-state index in [1.54, 1.807) is 0 Å². The maximum Gasteiger partial charge on any atom is 0.00313 e. The van der Waals surface area contributed by atoms with E-state index in [0.29, 0.717) is 0 Å². The van der Waals surface area contributed by atoms with E-state index >= 15 is 0 Å². The van der Waals surface area contributed by atoms with Crippen LogP contribution in [0.2, 0.25) is 0 Å². The van der Waals surface area contributed by atoms with Crippen LogP contribution in [0.25, 0.3) is 0 Å². The lowest BCUT2D eigenvalue weighted by Crippen LogP contribution is -1.73. The van der Waals surface area contributed by atoms with E-state index in [4.69, 9.17) is 0 Å². The molecule has 0 atom stereocenters. The highest BCUT2D eigenvalue weighted by Crippen LogP contribution is 1.99. The fraction of sp³-hybridized carbons (Fsp3) is 1.00. The molecule has 0 aromatic carbocycles. The van der Waals surface area contributed by atoms with Gasteiger partial charge in [-0.25, -0.2) is 0 Å². The first-order valence-corrected chi connectivity index (χ1v) is 7.69. The highest BCUT2D eigenvalue weighted by molar-refractivity contribution is 9.09. The number of alkyl halides is 2. The molecule has 82 valence electrons. The molecule has 0 N–H and O–H groups in total. The van der Waals surface area contributed by atoms with Crippen molar-refractivity contribution < 1.29 is 0 Å². The Bertz CT molecular complexity index is 57.1. The predicted molar refractivity (Wildman–Crippen MR) is 71.3 cm³/mol. The number of unbranched alkanes of at least 4 members (excludes halogenated alkanes) is 5. The molecule has 0 saturated carbocycles. The van der Waals surface area contributed by atoms with Gasteiger partial charge in [0.05, 0.1) is 0 Å². The average Bonchev–Trinajstić information content (AvgIpc) is 2.17. The Labute approximate surface area is 101 Å². The highest BCUT2D eigenvalue weighted by atomic mass is 79.9. The molecule has 0 amide bonds. The first kappa shape index (κ1) is 16.4. The van der Waals surface area contributed by atoms with E-state index in [1.165, 1.54) is 55.6 Å². The van der Waals surface area contributed by atoms with Crippen molar-refractivity contribution in [3.63, 3.8) is 0 Å². The standard InChI is InChI=1S/C6H13Br.C5H11Br/c1-2-3-4-5-6-7;1-2-3-4-5-6/h2-6H2,1H3;2-5H2,1H3. The Balaban J connectivity index is 0. The van der Waals surface area contributed by atoms with Crippen LogP contribution in [0, 0.1) is 0 Å². The summed E-state index contributed by atoms with van der Waals surface area (Å²) < 4.78 is 0. The summed E-state index contributed by atoms with van der Waals surface area (Å²) in [5.41, 5.74) is 0. The van der Waals surface area contributed by atoms with Gasteiger partial charge in [0.25, 0.3) is 0 Å².